The quantitative estimate of drug-likeness (QED) is 0.635. The molecule has 0 unspecified atom stereocenters. The Bertz CT molecular complexity index is 206. The summed E-state index contributed by atoms with van der Waals surface area (Å²) in [6.45, 7) is 3.99. The summed E-state index contributed by atoms with van der Waals surface area (Å²) in [5.41, 5.74) is 0. The van der Waals surface area contributed by atoms with Gasteiger partial charge >= 0.3 is 0 Å². The molecule has 0 amide bonds. The van der Waals surface area contributed by atoms with Crippen LogP contribution < -0.4 is 5.32 Å². The maximum atomic E-state index is 4.08. The van der Waals surface area contributed by atoms with Crippen molar-refractivity contribution in [1.82, 2.24) is 20.1 Å². The molecular weight excluding hydrogens is 140 g/mol. The van der Waals surface area contributed by atoms with Crippen molar-refractivity contribution in [2.24, 2.45) is 7.05 Å². The molecular formula is C7H14N4. The summed E-state index contributed by atoms with van der Waals surface area (Å²) >= 11 is 0. The predicted octanol–water partition coefficient (Wildman–Crippen LogP) is 0.315. The lowest BCUT2D eigenvalue weighted by Crippen LogP contribution is -2.16. The Kier molecular flexibility index (Phi) is 3.04. The number of aromatic nitrogens is 3. The fraction of sp³-hybridized carbons (Fsp3) is 0.714. The fourth-order valence-electron chi connectivity index (χ4n) is 0.857. The molecule has 11 heavy (non-hydrogen) atoms. The predicted molar refractivity (Wildman–Crippen MR) is 43.0 cm³/mol. The van der Waals surface area contributed by atoms with Gasteiger partial charge in [0.2, 0.25) is 0 Å². The Morgan fingerprint density at radius 3 is 3.00 bits per heavy atom. The third-order valence-electron chi connectivity index (χ3n) is 1.52. The first-order valence-electron chi connectivity index (χ1n) is 3.88. The fourth-order valence-corrected chi connectivity index (χ4v) is 0.857. The van der Waals surface area contributed by atoms with Crippen molar-refractivity contribution in [2.45, 2.75) is 19.9 Å². The van der Waals surface area contributed by atoms with E-state index in [2.05, 4.69) is 22.3 Å². The Morgan fingerprint density at radius 2 is 2.45 bits per heavy atom. The molecule has 0 bridgehead atoms. The van der Waals surface area contributed by atoms with Crippen LogP contribution in [0.3, 0.4) is 0 Å². The van der Waals surface area contributed by atoms with Crippen LogP contribution in [0.2, 0.25) is 0 Å². The van der Waals surface area contributed by atoms with Crippen molar-refractivity contribution in [3.63, 3.8) is 0 Å². The van der Waals surface area contributed by atoms with Gasteiger partial charge in [-0.05, 0) is 13.0 Å². The maximum Gasteiger partial charge on any atom is 0.140 e. The van der Waals surface area contributed by atoms with Gasteiger partial charge in [-0.3, -0.25) is 4.68 Å². The smallest absolute Gasteiger partial charge is 0.140 e. The number of rotatable bonds is 4. The molecule has 0 spiro atoms. The van der Waals surface area contributed by atoms with E-state index in [0.29, 0.717) is 0 Å². The molecule has 0 aliphatic rings. The average molecular weight is 154 g/mol. The van der Waals surface area contributed by atoms with Gasteiger partial charge in [0.1, 0.15) is 12.2 Å². The Labute approximate surface area is 66.6 Å². The molecule has 0 atom stereocenters. The van der Waals surface area contributed by atoms with Gasteiger partial charge in [-0.25, -0.2) is 4.98 Å². The second-order valence-electron chi connectivity index (χ2n) is 2.48. The summed E-state index contributed by atoms with van der Waals surface area (Å²) in [5, 5.41) is 7.22. The van der Waals surface area contributed by atoms with E-state index in [1.807, 2.05) is 7.05 Å². The van der Waals surface area contributed by atoms with Gasteiger partial charge in [-0.15, -0.1) is 0 Å². The zero-order chi connectivity index (χ0) is 8.10. The zero-order valence-corrected chi connectivity index (χ0v) is 7.04. The highest BCUT2D eigenvalue weighted by Gasteiger charge is 1.96. The van der Waals surface area contributed by atoms with E-state index in [4.69, 9.17) is 0 Å². The highest BCUT2D eigenvalue weighted by atomic mass is 15.3. The normalized spacial score (nSPS) is 10.4. The van der Waals surface area contributed by atoms with Crippen LogP contribution in [0.5, 0.6) is 0 Å². The summed E-state index contributed by atoms with van der Waals surface area (Å²) in [6, 6.07) is 0. The third-order valence-corrected chi connectivity index (χ3v) is 1.52. The van der Waals surface area contributed by atoms with Crippen LogP contribution in [0.25, 0.3) is 0 Å². The highest BCUT2D eigenvalue weighted by Crippen LogP contribution is 1.88. The number of nitrogens with zero attached hydrogens (tertiary/aromatic N) is 3. The van der Waals surface area contributed by atoms with E-state index in [-0.39, 0.29) is 0 Å². The van der Waals surface area contributed by atoms with E-state index in [1.165, 1.54) is 0 Å². The lowest BCUT2D eigenvalue weighted by molar-refractivity contribution is 0.609. The van der Waals surface area contributed by atoms with Gasteiger partial charge in [0, 0.05) is 7.05 Å². The van der Waals surface area contributed by atoms with Crippen LogP contribution in [0, 0.1) is 0 Å². The van der Waals surface area contributed by atoms with Gasteiger partial charge in [0.05, 0.1) is 6.54 Å². The highest BCUT2D eigenvalue weighted by molar-refractivity contribution is 4.81. The van der Waals surface area contributed by atoms with Crippen LogP contribution >= 0.6 is 0 Å². The summed E-state index contributed by atoms with van der Waals surface area (Å²) in [4.78, 5) is 4.08. The van der Waals surface area contributed by atoms with Crippen molar-refractivity contribution in [3.05, 3.63) is 12.2 Å². The summed E-state index contributed by atoms with van der Waals surface area (Å²) in [6.07, 6.45) is 2.72. The first-order chi connectivity index (χ1) is 5.34. The minimum atomic E-state index is 0.810. The lowest BCUT2D eigenvalue weighted by atomic mass is 10.4. The molecule has 62 valence electrons. The number of aryl methyl sites for hydroxylation is 1. The minimum absolute atomic E-state index is 0.810. The Morgan fingerprint density at radius 1 is 1.64 bits per heavy atom. The first-order valence-corrected chi connectivity index (χ1v) is 3.88. The lowest BCUT2D eigenvalue weighted by Gasteiger charge is -2.00. The van der Waals surface area contributed by atoms with E-state index in [1.54, 1.807) is 11.0 Å². The van der Waals surface area contributed by atoms with Crippen LogP contribution in [0.4, 0.5) is 0 Å². The molecule has 1 rings (SSSR count). The summed E-state index contributed by atoms with van der Waals surface area (Å²) in [7, 11) is 1.90. The van der Waals surface area contributed by atoms with E-state index in [9.17, 15) is 0 Å². The second kappa shape index (κ2) is 4.08. The van der Waals surface area contributed by atoms with Gasteiger partial charge in [0.25, 0.3) is 0 Å². The molecule has 1 heterocycles. The summed E-state index contributed by atoms with van der Waals surface area (Å²) < 4.78 is 1.78. The van der Waals surface area contributed by atoms with E-state index >= 15 is 0 Å². The van der Waals surface area contributed by atoms with Crippen molar-refractivity contribution < 1.29 is 0 Å². The molecule has 0 radical (unpaired) electrons. The second-order valence-corrected chi connectivity index (χ2v) is 2.48. The molecule has 0 aliphatic heterocycles. The molecule has 0 saturated heterocycles. The van der Waals surface area contributed by atoms with Gasteiger partial charge in [-0.1, -0.05) is 6.92 Å². The van der Waals surface area contributed by atoms with Crippen LogP contribution in [-0.4, -0.2) is 21.3 Å². The molecule has 0 fully saturated rings. The molecule has 1 N–H and O–H groups in total. The molecule has 0 aromatic carbocycles. The van der Waals surface area contributed by atoms with E-state index < -0.39 is 0 Å². The van der Waals surface area contributed by atoms with Gasteiger partial charge in [0.15, 0.2) is 0 Å². The largest absolute Gasteiger partial charge is 0.310 e. The summed E-state index contributed by atoms with van der Waals surface area (Å²) in [5.74, 6) is 0.985. The molecule has 1 aromatic rings. The topological polar surface area (TPSA) is 42.7 Å². The minimum Gasteiger partial charge on any atom is -0.310 e. The van der Waals surface area contributed by atoms with Crippen LogP contribution in [-0.2, 0) is 13.6 Å². The van der Waals surface area contributed by atoms with Gasteiger partial charge < -0.3 is 5.32 Å². The van der Waals surface area contributed by atoms with Crippen molar-refractivity contribution in [3.8, 4) is 0 Å². The Balaban J connectivity index is 2.32. The standard InChI is InChI=1S/C7H14N4/c1-3-4-8-5-7-9-6-10-11(7)2/h6,8H,3-5H2,1-2H3. The van der Waals surface area contributed by atoms with E-state index in [0.717, 1.165) is 25.3 Å². The zero-order valence-electron chi connectivity index (χ0n) is 7.04. The SMILES string of the molecule is CCCNCc1ncnn1C. The number of nitrogens with one attached hydrogen (secondary N) is 1. The molecule has 0 aliphatic carbocycles. The molecule has 4 nitrogen and oxygen atoms in total. The first kappa shape index (κ1) is 8.20. The third kappa shape index (κ3) is 2.31. The molecule has 4 heteroatoms. The van der Waals surface area contributed by atoms with Crippen molar-refractivity contribution >= 4 is 0 Å². The number of hydrogen-bond donors (Lipinski definition) is 1. The molecule has 0 saturated carbocycles. The van der Waals surface area contributed by atoms with Gasteiger partial charge in [-0.2, -0.15) is 5.10 Å². The van der Waals surface area contributed by atoms with Crippen LogP contribution in [0.15, 0.2) is 6.33 Å². The monoisotopic (exact) mass is 154 g/mol. The number of hydrogen-bond acceptors (Lipinski definition) is 3. The van der Waals surface area contributed by atoms with Crippen molar-refractivity contribution in [1.29, 1.82) is 0 Å². The maximum absolute atomic E-state index is 4.08. The molecule has 1 aromatic heterocycles. The average Bonchev–Trinajstić information content (AvgIpc) is 2.37. The van der Waals surface area contributed by atoms with Crippen molar-refractivity contribution in [2.75, 3.05) is 6.54 Å². The van der Waals surface area contributed by atoms with Crippen LogP contribution in [0.1, 0.15) is 19.2 Å². The Hall–Kier alpha value is -0.900.